The van der Waals surface area contributed by atoms with Crippen LogP contribution >= 0.6 is 0 Å². The molecule has 1 aliphatic heterocycles. The Morgan fingerprint density at radius 2 is 1.80 bits per heavy atom. The zero-order valence-corrected chi connectivity index (χ0v) is 17.1. The molecule has 2 N–H and O–H groups in total. The number of carbonyl (C=O) groups excluding carboxylic acids is 2. The van der Waals surface area contributed by atoms with Gasteiger partial charge in [0, 0.05) is 56.6 Å². The Morgan fingerprint density at radius 3 is 2.43 bits per heavy atom. The van der Waals surface area contributed by atoms with E-state index in [1.807, 2.05) is 24.3 Å². The van der Waals surface area contributed by atoms with Crippen LogP contribution in [0.1, 0.15) is 6.42 Å². The fourth-order valence-corrected chi connectivity index (χ4v) is 3.49. The molecular formula is C22H27FN4O3. The molecule has 2 amide bonds. The molecule has 0 saturated carbocycles. The number of anilines is 2. The highest BCUT2D eigenvalue weighted by Gasteiger charge is 2.23. The predicted molar refractivity (Wildman–Crippen MR) is 114 cm³/mol. The largest absolute Gasteiger partial charge is 0.497 e. The van der Waals surface area contributed by atoms with Gasteiger partial charge in [0.15, 0.2) is 0 Å². The van der Waals surface area contributed by atoms with Gasteiger partial charge in [-0.25, -0.2) is 4.39 Å². The van der Waals surface area contributed by atoms with Crippen molar-refractivity contribution in [1.29, 1.82) is 0 Å². The lowest BCUT2D eigenvalue weighted by Crippen LogP contribution is -2.50. The Kier molecular flexibility index (Phi) is 7.24. The Balaban J connectivity index is 1.60. The predicted octanol–water partition coefficient (Wildman–Crippen LogP) is 1.86. The number of hydrogen-bond donors (Lipinski definition) is 1. The van der Waals surface area contributed by atoms with Crippen LogP contribution in [0.3, 0.4) is 0 Å². The second kappa shape index (κ2) is 10.1. The lowest BCUT2D eigenvalue weighted by Gasteiger charge is -2.36. The fraction of sp³-hybridized carbons (Fsp3) is 0.364. The molecule has 160 valence electrons. The molecule has 1 aliphatic rings. The van der Waals surface area contributed by atoms with Gasteiger partial charge in [-0.3, -0.25) is 14.5 Å². The van der Waals surface area contributed by atoms with Crippen LogP contribution in [0.25, 0.3) is 0 Å². The Labute approximate surface area is 175 Å². The van der Waals surface area contributed by atoms with Crippen molar-refractivity contribution in [2.75, 3.05) is 56.2 Å². The van der Waals surface area contributed by atoms with Crippen LogP contribution in [0.15, 0.2) is 48.5 Å². The third kappa shape index (κ3) is 5.70. The molecule has 1 heterocycles. The summed E-state index contributed by atoms with van der Waals surface area (Å²) in [4.78, 5) is 30.0. The molecule has 0 aromatic heterocycles. The fourth-order valence-electron chi connectivity index (χ4n) is 3.49. The van der Waals surface area contributed by atoms with Crippen LogP contribution in [-0.4, -0.2) is 63.1 Å². The van der Waals surface area contributed by atoms with E-state index in [2.05, 4.69) is 9.80 Å². The van der Waals surface area contributed by atoms with Crippen LogP contribution in [0.5, 0.6) is 5.75 Å². The minimum Gasteiger partial charge on any atom is -0.497 e. The minimum atomic E-state index is -0.484. The topological polar surface area (TPSA) is 79.1 Å². The van der Waals surface area contributed by atoms with E-state index >= 15 is 0 Å². The van der Waals surface area contributed by atoms with Crippen molar-refractivity contribution in [3.05, 3.63) is 54.3 Å². The Hall–Kier alpha value is -3.13. The molecule has 7 nitrogen and oxygen atoms in total. The summed E-state index contributed by atoms with van der Waals surface area (Å²) in [7, 11) is 1.65. The first kappa shape index (κ1) is 21.6. The minimum absolute atomic E-state index is 0.0483. The molecule has 0 unspecified atom stereocenters. The van der Waals surface area contributed by atoms with E-state index in [1.54, 1.807) is 7.11 Å². The first-order valence-corrected chi connectivity index (χ1v) is 9.92. The highest BCUT2D eigenvalue weighted by atomic mass is 19.1. The third-order valence-electron chi connectivity index (χ3n) is 5.17. The lowest BCUT2D eigenvalue weighted by atomic mass is 10.2. The molecule has 2 aromatic rings. The third-order valence-corrected chi connectivity index (χ3v) is 5.17. The van der Waals surface area contributed by atoms with E-state index < -0.39 is 5.91 Å². The van der Waals surface area contributed by atoms with Crippen molar-refractivity contribution in [2.24, 2.45) is 5.73 Å². The summed E-state index contributed by atoms with van der Waals surface area (Å²) < 4.78 is 18.6. The normalized spacial score (nSPS) is 14.4. The van der Waals surface area contributed by atoms with Gasteiger partial charge in [-0.15, -0.1) is 0 Å². The molecule has 0 aliphatic carbocycles. The molecule has 0 bridgehead atoms. The first-order valence-electron chi connectivity index (χ1n) is 9.92. The number of benzene rings is 2. The second-order valence-corrected chi connectivity index (χ2v) is 7.20. The highest BCUT2D eigenvalue weighted by Crippen LogP contribution is 2.22. The molecule has 30 heavy (non-hydrogen) atoms. The van der Waals surface area contributed by atoms with Gasteiger partial charge >= 0.3 is 0 Å². The van der Waals surface area contributed by atoms with Gasteiger partial charge in [0.25, 0.3) is 0 Å². The summed E-state index contributed by atoms with van der Waals surface area (Å²) in [5, 5.41) is 0. The molecule has 0 atom stereocenters. The van der Waals surface area contributed by atoms with Crippen LogP contribution in [-0.2, 0) is 9.59 Å². The smallest absolute Gasteiger partial charge is 0.241 e. The molecule has 8 heteroatoms. The maximum atomic E-state index is 13.3. The summed E-state index contributed by atoms with van der Waals surface area (Å²) in [6.45, 7) is 3.44. The van der Waals surface area contributed by atoms with Crippen LogP contribution in [0.2, 0.25) is 0 Å². The maximum Gasteiger partial charge on any atom is 0.241 e. The molecule has 0 spiro atoms. The van der Waals surface area contributed by atoms with Gasteiger partial charge in [0.1, 0.15) is 11.6 Å². The second-order valence-electron chi connectivity index (χ2n) is 7.20. The summed E-state index contributed by atoms with van der Waals surface area (Å²) >= 11 is 0. The van der Waals surface area contributed by atoms with Crippen molar-refractivity contribution in [1.82, 2.24) is 4.90 Å². The van der Waals surface area contributed by atoms with Gasteiger partial charge in [-0.2, -0.15) is 0 Å². The maximum absolute atomic E-state index is 13.3. The van der Waals surface area contributed by atoms with E-state index in [1.165, 1.54) is 29.2 Å². The molecule has 1 fully saturated rings. The van der Waals surface area contributed by atoms with Crippen LogP contribution in [0, 0.1) is 5.82 Å². The van der Waals surface area contributed by atoms with Gasteiger partial charge in [-0.1, -0.05) is 6.07 Å². The van der Waals surface area contributed by atoms with E-state index in [4.69, 9.17) is 10.5 Å². The van der Waals surface area contributed by atoms with Crippen molar-refractivity contribution < 1.29 is 18.7 Å². The number of nitrogens with two attached hydrogens (primary N) is 1. The zero-order valence-electron chi connectivity index (χ0n) is 17.1. The molecule has 0 radical (unpaired) electrons. The van der Waals surface area contributed by atoms with Gasteiger partial charge < -0.3 is 20.3 Å². The number of methoxy groups -OCH3 is 1. The lowest BCUT2D eigenvalue weighted by molar-refractivity contribution is -0.120. The van der Waals surface area contributed by atoms with Gasteiger partial charge in [0.2, 0.25) is 11.8 Å². The summed E-state index contributed by atoms with van der Waals surface area (Å²) in [5.74, 6) is -0.191. The quantitative estimate of drug-likeness (QED) is 0.713. The number of piperazine rings is 1. The number of amides is 2. The average Bonchev–Trinajstić information content (AvgIpc) is 2.75. The summed E-state index contributed by atoms with van der Waals surface area (Å²) in [5.41, 5.74) is 6.90. The number of primary amides is 1. The van der Waals surface area contributed by atoms with Gasteiger partial charge in [0.05, 0.1) is 13.7 Å². The van der Waals surface area contributed by atoms with Gasteiger partial charge in [-0.05, 0) is 36.4 Å². The summed E-state index contributed by atoms with van der Waals surface area (Å²) in [6, 6.07) is 13.6. The highest BCUT2D eigenvalue weighted by molar-refractivity contribution is 5.95. The Bertz CT molecular complexity index is 867. The van der Waals surface area contributed by atoms with E-state index in [-0.39, 0.29) is 31.2 Å². The summed E-state index contributed by atoms with van der Waals surface area (Å²) in [6.07, 6.45) is 0.0483. The van der Waals surface area contributed by atoms with Crippen LogP contribution < -0.4 is 20.3 Å². The Morgan fingerprint density at radius 1 is 1.10 bits per heavy atom. The number of carbonyl (C=O) groups is 2. The number of ether oxygens (including phenoxy) is 1. The molecular weight excluding hydrogens is 387 g/mol. The van der Waals surface area contributed by atoms with Crippen molar-refractivity contribution in [3.63, 3.8) is 0 Å². The molecule has 1 saturated heterocycles. The SMILES string of the molecule is COc1cccc(N2CCN(CC(=O)N(CCC(N)=O)c3ccc(F)cc3)CC2)c1. The number of nitrogens with zero attached hydrogens (tertiary/aromatic N) is 3. The zero-order chi connectivity index (χ0) is 21.5. The first-order chi connectivity index (χ1) is 14.5. The number of halogens is 1. The van der Waals surface area contributed by atoms with E-state index in [0.717, 1.165) is 37.6 Å². The monoisotopic (exact) mass is 414 g/mol. The molecule has 2 aromatic carbocycles. The number of rotatable bonds is 8. The van der Waals surface area contributed by atoms with Crippen molar-refractivity contribution in [2.45, 2.75) is 6.42 Å². The molecule has 3 rings (SSSR count). The van der Waals surface area contributed by atoms with E-state index in [9.17, 15) is 14.0 Å². The standard InChI is InChI=1S/C22H27FN4O3/c1-30-20-4-2-3-19(15-20)26-13-11-25(12-14-26)16-22(29)27(10-9-21(24)28)18-7-5-17(23)6-8-18/h2-8,15H,9-14,16H2,1H3,(H2,24,28). The average molecular weight is 414 g/mol. The van der Waals surface area contributed by atoms with Crippen molar-refractivity contribution >= 4 is 23.2 Å². The number of hydrogen-bond acceptors (Lipinski definition) is 5. The van der Waals surface area contributed by atoms with Crippen molar-refractivity contribution in [3.8, 4) is 5.75 Å². The van der Waals surface area contributed by atoms with Crippen LogP contribution in [0.4, 0.5) is 15.8 Å². The van der Waals surface area contributed by atoms with E-state index in [0.29, 0.717) is 5.69 Å².